The maximum absolute atomic E-state index is 12.5. The highest BCUT2D eigenvalue weighted by Gasteiger charge is 2.20. The van der Waals surface area contributed by atoms with Gasteiger partial charge in [-0.1, -0.05) is 6.07 Å². The summed E-state index contributed by atoms with van der Waals surface area (Å²) in [5.41, 5.74) is 1.33. The van der Waals surface area contributed by atoms with Crippen LogP contribution in [-0.2, 0) is 10.0 Å². The molecular weight excluding hydrogens is 316 g/mol. The minimum atomic E-state index is -3.69. The topological polar surface area (TPSA) is 67.9 Å². The van der Waals surface area contributed by atoms with E-state index in [4.69, 9.17) is 9.47 Å². The Hall–Kier alpha value is -2.41. The van der Waals surface area contributed by atoms with E-state index in [9.17, 15) is 8.42 Å². The molecule has 122 valence electrons. The molecule has 7 heteroatoms. The largest absolute Gasteiger partial charge is 0.497 e. The van der Waals surface area contributed by atoms with Crippen molar-refractivity contribution < 1.29 is 17.9 Å². The van der Waals surface area contributed by atoms with Crippen molar-refractivity contribution in [2.75, 3.05) is 36.9 Å². The number of likely N-dealkylation sites (N-methyl/N-ethyl adjacent to an activating group) is 1. The summed E-state index contributed by atoms with van der Waals surface area (Å²) < 4.78 is 38.3. The average molecular weight is 334 g/mol. The van der Waals surface area contributed by atoms with E-state index < -0.39 is 10.0 Å². The van der Waals surface area contributed by atoms with Gasteiger partial charge in [-0.15, -0.1) is 0 Å². The number of hydrogen-bond acceptors (Lipinski definition) is 5. The van der Waals surface area contributed by atoms with Crippen LogP contribution in [0, 0.1) is 0 Å². The van der Waals surface area contributed by atoms with E-state index in [-0.39, 0.29) is 4.90 Å². The fourth-order valence-corrected chi connectivity index (χ4v) is 3.47. The molecule has 1 N–H and O–H groups in total. The summed E-state index contributed by atoms with van der Waals surface area (Å²) in [6.07, 6.45) is 0. The van der Waals surface area contributed by atoms with Gasteiger partial charge in [-0.3, -0.25) is 4.72 Å². The van der Waals surface area contributed by atoms with Crippen molar-refractivity contribution in [1.82, 2.24) is 0 Å². The van der Waals surface area contributed by atoms with Gasteiger partial charge in [0, 0.05) is 19.2 Å². The molecule has 1 aliphatic heterocycles. The second kappa shape index (κ2) is 6.00. The minimum absolute atomic E-state index is 0.161. The van der Waals surface area contributed by atoms with Gasteiger partial charge in [0.25, 0.3) is 10.0 Å². The fraction of sp³-hybridized carbons (Fsp3) is 0.250. The molecule has 0 unspecified atom stereocenters. The molecule has 1 aliphatic rings. The number of nitrogens with zero attached hydrogens (tertiary/aromatic N) is 1. The molecular formula is C16H18N2O4S. The second-order valence-electron chi connectivity index (χ2n) is 5.24. The van der Waals surface area contributed by atoms with Crippen molar-refractivity contribution in [2.45, 2.75) is 4.90 Å². The predicted octanol–water partition coefficient (Wildman–Crippen LogP) is 2.32. The molecule has 2 aromatic rings. The standard InChI is InChI=1S/C16H18N2O4S/c1-18-8-9-22-16-11-14(6-7-15(16)18)23(19,20)17-12-4-3-5-13(10-12)21-2/h3-7,10-11,17H,8-9H2,1-2H3. The van der Waals surface area contributed by atoms with Gasteiger partial charge in [-0.05, 0) is 24.3 Å². The highest BCUT2D eigenvalue weighted by atomic mass is 32.2. The summed E-state index contributed by atoms with van der Waals surface area (Å²) in [5.74, 6) is 1.16. The first-order valence-electron chi connectivity index (χ1n) is 7.14. The van der Waals surface area contributed by atoms with Crippen LogP contribution in [0.4, 0.5) is 11.4 Å². The van der Waals surface area contributed by atoms with Gasteiger partial charge in [0.15, 0.2) is 0 Å². The molecule has 0 aliphatic carbocycles. The van der Waals surface area contributed by atoms with E-state index in [1.165, 1.54) is 7.11 Å². The third-order valence-electron chi connectivity index (χ3n) is 3.66. The van der Waals surface area contributed by atoms with Crippen LogP contribution in [-0.4, -0.2) is 35.7 Å². The Morgan fingerprint density at radius 3 is 2.83 bits per heavy atom. The smallest absolute Gasteiger partial charge is 0.262 e. The fourth-order valence-electron chi connectivity index (χ4n) is 2.41. The molecule has 0 aromatic heterocycles. The number of methoxy groups -OCH3 is 1. The van der Waals surface area contributed by atoms with Crippen molar-refractivity contribution in [3.8, 4) is 11.5 Å². The molecule has 0 saturated carbocycles. The van der Waals surface area contributed by atoms with E-state index >= 15 is 0 Å². The lowest BCUT2D eigenvalue weighted by Gasteiger charge is -2.27. The number of fused-ring (bicyclic) bond motifs is 1. The number of ether oxygens (including phenoxy) is 2. The van der Waals surface area contributed by atoms with Crippen LogP contribution in [0.3, 0.4) is 0 Å². The molecule has 0 radical (unpaired) electrons. The van der Waals surface area contributed by atoms with E-state index in [0.29, 0.717) is 23.8 Å². The minimum Gasteiger partial charge on any atom is -0.497 e. The zero-order valence-electron chi connectivity index (χ0n) is 12.9. The zero-order chi connectivity index (χ0) is 16.4. The summed E-state index contributed by atoms with van der Waals surface area (Å²) in [7, 11) is -0.212. The lowest BCUT2D eigenvalue weighted by molar-refractivity contribution is 0.310. The Morgan fingerprint density at radius 2 is 2.04 bits per heavy atom. The van der Waals surface area contributed by atoms with Crippen LogP contribution in [0.2, 0.25) is 0 Å². The maximum Gasteiger partial charge on any atom is 0.262 e. The first kappa shape index (κ1) is 15.5. The molecule has 0 fully saturated rings. The predicted molar refractivity (Wildman–Crippen MR) is 89.0 cm³/mol. The molecule has 3 rings (SSSR count). The molecule has 6 nitrogen and oxygen atoms in total. The van der Waals surface area contributed by atoms with E-state index in [1.54, 1.807) is 42.5 Å². The number of hydrogen-bond donors (Lipinski definition) is 1. The van der Waals surface area contributed by atoms with Crippen molar-refractivity contribution in [3.63, 3.8) is 0 Å². The first-order valence-corrected chi connectivity index (χ1v) is 8.63. The van der Waals surface area contributed by atoms with Gasteiger partial charge in [-0.2, -0.15) is 0 Å². The van der Waals surface area contributed by atoms with Crippen molar-refractivity contribution in [3.05, 3.63) is 42.5 Å². The summed E-state index contributed by atoms with van der Waals surface area (Å²) in [5, 5.41) is 0. The van der Waals surface area contributed by atoms with Crippen LogP contribution in [0.25, 0.3) is 0 Å². The quantitative estimate of drug-likeness (QED) is 0.929. The third-order valence-corrected chi connectivity index (χ3v) is 5.04. The van der Waals surface area contributed by atoms with Gasteiger partial charge in [0.2, 0.25) is 0 Å². The number of sulfonamides is 1. The molecule has 0 bridgehead atoms. The SMILES string of the molecule is COc1cccc(NS(=O)(=O)c2ccc3c(c2)OCCN3C)c1. The monoisotopic (exact) mass is 334 g/mol. The van der Waals surface area contributed by atoms with Gasteiger partial charge in [0.1, 0.15) is 18.1 Å². The number of rotatable bonds is 4. The Balaban J connectivity index is 1.90. The van der Waals surface area contributed by atoms with Gasteiger partial charge < -0.3 is 14.4 Å². The van der Waals surface area contributed by atoms with Crippen LogP contribution >= 0.6 is 0 Å². The Labute approximate surface area is 135 Å². The summed E-state index contributed by atoms with van der Waals surface area (Å²) >= 11 is 0. The molecule has 0 atom stereocenters. The van der Waals surface area contributed by atoms with Gasteiger partial charge >= 0.3 is 0 Å². The highest BCUT2D eigenvalue weighted by Crippen LogP contribution is 2.33. The number of anilines is 2. The van der Waals surface area contributed by atoms with Crippen molar-refractivity contribution in [1.29, 1.82) is 0 Å². The van der Waals surface area contributed by atoms with E-state index in [2.05, 4.69) is 4.72 Å². The molecule has 0 spiro atoms. The Morgan fingerprint density at radius 1 is 1.22 bits per heavy atom. The molecule has 0 saturated heterocycles. The van der Waals surface area contributed by atoms with Crippen LogP contribution in [0.1, 0.15) is 0 Å². The normalized spacial score (nSPS) is 13.9. The molecule has 1 heterocycles. The van der Waals surface area contributed by atoms with Crippen LogP contribution in [0.15, 0.2) is 47.4 Å². The van der Waals surface area contributed by atoms with Crippen LogP contribution in [0.5, 0.6) is 11.5 Å². The molecule has 23 heavy (non-hydrogen) atoms. The molecule has 0 amide bonds. The Bertz CT molecular complexity index is 821. The summed E-state index contributed by atoms with van der Waals surface area (Å²) in [6, 6.07) is 11.7. The summed E-state index contributed by atoms with van der Waals surface area (Å²) in [4.78, 5) is 2.19. The van der Waals surface area contributed by atoms with Crippen molar-refractivity contribution in [2.24, 2.45) is 0 Å². The maximum atomic E-state index is 12.5. The summed E-state index contributed by atoms with van der Waals surface area (Å²) in [6.45, 7) is 1.32. The third kappa shape index (κ3) is 3.19. The number of nitrogens with one attached hydrogen (secondary N) is 1. The van der Waals surface area contributed by atoms with Crippen LogP contribution < -0.4 is 19.1 Å². The zero-order valence-corrected chi connectivity index (χ0v) is 13.8. The van der Waals surface area contributed by atoms with Crippen molar-refractivity contribution >= 4 is 21.4 Å². The van der Waals surface area contributed by atoms with E-state index in [0.717, 1.165) is 12.2 Å². The second-order valence-corrected chi connectivity index (χ2v) is 6.92. The number of benzene rings is 2. The molecule has 2 aromatic carbocycles. The highest BCUT2D eigenvalue weighted by molar-refractivity contribution is 7.92. The lowest BCUT2D eigenvalue weighted by atomic mass is 10.2. The van der Waals surface area contributed by atoms with Gasteiger partial charge in [-0.25, -0.2) is 8.42 Å². The Kier molecular flexibility index (Phi) is 4.04. The van der Waals surface area contributed by atoms with Gasteiger partial charge in [0.05, 0.1) is 29.9 Å². The van der Waals surface area contributed by atoms with E-state index in [1.807, 2.05) is 11.9 Å². The lowest BCUT2D eigenvalue weighted by Crippen LogP contribution is -2.29. The average Bonchev–Trinajstić information content (AvgIpc) is 2.54. The first-order chi connectivity index (χ1) is 11.0.